The van der Waals surface area contributed by atoms with Gasteiger partial charge in [-0.3, -0.25) is 14.9 Å². The Morgan fingerprint density at radius 1 is 1.07 bits per heavy atom. The first-order valence-corrected chi connectivity index (χ1v) is 8.65. The number of aromatic hydroxyl groups is 1. The third kappa shape index (κ3) is 4.74. The summed E-state index contributed by atoms with van der Waals surface area (Å²) in [7, 11) is 1.56. The van der Waals surface area contributed by atoms with Crippen LogP contribution < -0.4 is 14.8 Å². The molecule has 2 N–H and O–H groups in total. The Kier molecular flexibility index (Phi) is 5.85. The third-order valence-electron chi connectivity index (χ3n) is 3.91. The minimum absolute atomic E-state index is 0.228. The van der Waals surface area contributed by atoms with Crippen LogP contribution in [-0.2, 0) is 0 Å². The molecular formula is C20H15ClN2O6. The number of anilines is 1. The molecule has 0 aliphatic rings. The minimum atomic E-state index is -0.717. The van der Waals surface area contributed by atoms with Gasteiger partial charge in [0.05, 0.1) is 22.6 Å². The highest BCUT2D eigenvalue weighted by atomic mass is 35.5. The van der Waals surface area contributed by atoms with Gasteiger partial charge in [0.15, 0.2) is 0 Å². The van der Waals surface area contributed by atoms with Gasteiger partial charge in [-0.05, 0) is 48.5 Å². The number of phenolic OH excluding ortho intramolecular Hbond substituents is 1. The van der Waals surface area contributed by atoms with Crippen LogP contribution in [0.5, 0.6) is 23.0 Å². The lowest BCUT2D eigenvalue weighted by atomic mass is 10.1. The van der Waals surface area contributed by atoms with Gasteiger partial charge in [0.25, 0.3) is 11.6 Å². The highest BCUT2D eigenvalue weighted by Crippen LogP contribution is 2.33. The molecule has 3 aromatic rings. The number of non-ortho nitro benzene ring substituents is 1. The molecule has 1 amide bonds. The average Bonchev–Trinajstić information content (AvgIpc) is 2.70. The molecule has 29 heavy (non-hydrogen) atoms. The number of nitro groups is 1. The van der Waals surface area contributed by atoms with Gasteiger partial charge < -0.3 is 19.9 Å². The van der Waals surface area contributed by atoms with Crippen molar-refractivity contribution < 1.29 is 24.3 Å². The van der Waals surface area contributed by atoms with Gasteiger partial charge in [-0.1, -0.05) is 11.6 Å². The van der Waals surface area contributed by atoms with Crippen molar-refractivity contribution in [3.63, 3.8) is 0 Å². The van der Waals surface area contributed by atoms with Crippen LogP contribution in [0.4, 0.5) is 11.4 Å². The Labute approximate surface area is 170 Å². The number of benzene rings is 3. The van der Waals surface area contributed by atoms with E-state index in [4.69, 9.17) is 21.1 Å². The second kappa shape index (κ2) is 8.49. The van der Waals surface area contributed by atoms with Crippen molar-refractivity contribution in [1.29, 1.82) is 0 Å². The predicted molar refractivity (Wildman–Crippen MR) is 107 cm³/mol. The van der Waals surface area contributed by atoms with Crippen LogP contribution in [0.25, 0.3) is 0 Å². The topological polar surface area (TPSA) is 111 Å². The first-order valence-electron chi connectivity index (χ1n) is 8.27. The molecule has 0 bridgehead atoms. The van der Waals surface area contributed by atoms with Gasteiger partial charge in [0.2, 0.25) is 0 Å². The number of methoxy groups -OCH3 is 1. The lowest BCUT2D eigenvalue weighted by Crippen LogP contribution is -2.12. The quantitative estimate of drug-likeness (QED) is 0.433. The van der Waals surface area contributed by atoms with E-state index in [1.54, 1.807) is 43.5 Å². The van der Waals surface area contributed by atoms with Crippen molar-refractivity contribution in [1.82, 2.24) is 0 Å². The second-order valence-corrected chi connectivity index (χ2v) is 6.24. The number of hydrogen-bond acceptors (Lipinski definition) is 6. The van der Waals surface area contributed by atoms with E-state index in [2.05, 4.69) is 5.32 Å². The van der Waals surface area contributed by atoms with Crippen LogP contribution in [0, 0.1) is 10.1 Å². The van der Waals surface area contributed by atoms with Crippen molar-refractivity contribution in [2.45, 2.75) is 0 Å². The molecule has 0 heterocycles. The second-order valence-electron chi connectivity index (χ2n) is 5.84. The Balaban J connectivity index is 1.75. The molecule has 0 radical (unpaired) electrons. The van der Waals surface area contributed by atoms with Crippen LogP contribution in [0.1, 0.15) is 10.4 Å². The number of rotatable bonds is 6. The first kappa shape index (κ1) is 20.0. The minimum Gasteiger partial charge on any atom is -0.507 e. The molecule has 0 aliphatic carbocycles. The fraction of sp³-hybridized carbons (Fsp3) is 0.0500. The summed E-state index contributed by atoms with van der Waals surface area (Å²) in [4.78, 5) is 22.6. The highest BCUT2D eigenvalue weighted by molar-refractivity contribution is 6.32. The molecule has 0 aromatic heterocycles. The molecule has 0 aliphatic heterocycles. The number of nitrogens with zero attached hydrogens (tertiary/aromatic N) is 1. The van der Waals surface area contributed by atoms with Gasteiger partial charge in [-0.25, -0.2) is 0 Å². The first-order chi connectivity index (χ1) is 13.9. The van der Waals surface area contributed by atoms with E-state index < -0.39 is 10.8 Å². The Morgan fingerprint density at radius 3 is 2.38 bits per heavy atom. The number of nitro benzene ring substituents is 1. The SMILES string of the molecule is COc1ccc(Oc2ccc(NC(=O)c3cc([N+](=O)[O-])ccc3O)cc2Cl)cc1. The van der Waals surface area contributed by atoms with Gasteiger partial charge >= 0.3 is 0 Å². The number of carbonyl (C=O) groups is 1. The van der Waals surface area contributed by atoms with Crippen molar-refractivity contribution in [2.75, 3.05) is 12.4 Å². The summed E-state index contributed by atoms with van der Waals surface area (Å²) in [6.45, 7) is 0. The lowest BCUT2D eigenvalue weighted by Gasteiger charge is -2.11. The van der Waals surface area contributed by atoms with Crippen molar-refractivity contribution in [2.24, 2.45) is 0 Å². The largest absolute Gasteiger partial charge is 0.507 e. The standard InChI is InChI=1S/C20H15ClN2O6/c1-28-14-4-6-15(7-5-14)29-19-9-2-12(10-17(19)21)22-20(25)16-11-13(23(26)27)3-8-18(16)24/h2-11,24H,1H3,(H,22,25). The zero-order valence-corrected chi connectivity index (χ0v) is 15.8. The van der Waals surface area contributed by atoms with Crippen LogP contribution in [-0.4, -0.2) is 23.0 Å². The van der Waals surface area contributed by atoms with E-state index in [0.717, 1.165) is 18.2 Å². The number of carbonyl (C=O) groups excluding carboxylic acids is 1. The average molecular weight is 415 g/mol. The maximum atomic E-state index is 12.4. The molecule has 3 aromatic carbocycles. The molecule has 0 spiro atoms. The Morgan fingerprint density at radius 2 is 1.76 bits per heavy atom. The van der Waals surface area contributed by atoms with Crippen LogP contribution in [0.2, 0.25) is 5.02 Å². The summed E-state index contributed by atoms with van der Waals surface area (Å²) in [5.74, 6) is 0.509. The zero-order chi connectivity index (χ0) is 21.0. The van der Waals surface area contributed by atoms with Crippen LogP contribution in [0.3, 0.4) is 0 Å². The monoisotopic (exact) mass is 414 g/mol. The summed E-state index contributed by atoms with van der Waals surface area (Å²) in [5, 5.41) is 23.5. The number of phenols is 1. The molecule has 0 saturated carbocycles. The normalized spacial score (nSPS) is 10.3. The smallest absolute Gasteiger partial charge is 0.270 e. The molecule has 8 nitrogen and oxygen atoms in total. The van der Waals surface area contributed by atoms with E-state index in [9.17, 15) is 20.0 Å². The van der Waals surface area contributed by atoms with Crippen molar-refractivity contribution in [3.8, 4) is 23.0 Å². The summed E-state index contributed by atoms with van der Waals surface area (Å²) in [6, 6.07) is 14.7. The van der Waals surface area contributed by atoms with Gasteiger partial charge in [-0.2, -0.15) is 0 Å². The molecule has 0 fully saturated rings. The zero-order valence-electron chi connectivity index (χ0n) is 15.1. The predicted octanol–water partition coefficient (Wildman–Crippen LogP) is 5.01. The summed E-state index contributed by atoms with van der Waals surface area (Å²) >= 11 is 6.23. The van der Waals surface area contributed by atoms with Crippen molar-refractivity contribution in [3.05, 3.63) is 81.4 Å². The van der Waals surface area contributed by atoms with E-state index in [-0.39, 0.29) is 22.0 Å². The molecule has 0 saturated heterocycles. The maximum Gasteiger partial charge on any atom is 0.270 e. The van der Waals surface area contributed by atoms with Gasteiger partial charge in [0, 0.05) is 17.8 Å². The van der Waals surface area contributed by atoms with Crippen LogP contribution >= 0.6 is 11.6 Å². The number of ether oxygens (including phenoxy) is 2. The number of halogens is 1. The Bertz CT molecular complexity index is 1070. The Hall–Kier alpha value is -3.78. The maximum absolute atomic E-state index is 12.4. The van der Waals surface area contributed by atoms with Crippen molar-refractivity contribution >= 4 is 28.9 Å². The van der Waals surface area contributed by atoms with Gasteiger partial charge in [0.1, 0.15) is 23.0 Å². The molecule has 0 unspecified atom stereocenters. The van der Waals surface area contributed by atoms with E-state index in [1.807, 2.05) is 0 Å². The summed E-state index contributed by atoms with van der Waals surface area (Å²) in [6.07, 6.45) is 0. The lowest BCUT2D eigenvalue weighted by molar-refractivity contribution is -0.384. The fourth-order valence-corrected chi connectivity index (χ4v) is 2.67. The van der Waals surface area contributed by atoms with E-state index in [0.29, 0.717) is 22.9 Å². The molecular weight excluding hydrogens is 400 g/mol. The number of hydrogen-bond donors (Lipinski definition) is 2. The van der Waals surface area contributed by atoms with Crippen LogP contribution in [0.15, 0.2) is 60.7 Å². The summed E-state index contributed by atoms with van der Waals surface area (Å²) < 4.78 is 10.8. The molecule has 9 heteroatoms. The molecule has 3 rings (SSSR count). The fourth-order valence-electron chi connectivity index (χ4n) is 2.45. The van der Waals surface area contributed by atoms with E-state index in [1.165, 1.54) is 6.07 Å². The molecule has 0 atom stereocenters. The third-order valence-corrected chi connectivity index (χ3v) is 4.21. The molecule has 148 valence electrons. The number of nitrogens with one attached hydrogen (secondary N) is 1. The van der Waals surface area contributed by atoms with Gasteiger partial charge in [-0.15, -0.1) is 0 Å². The number of amides is 1. The van der Waals surface area contributed by atoms with E-state index >= 15 is 0 Å². The highest BCUT2D eigenvalue weighted by Gasteiger charge is 2.17. The summed E-state index contributed by atoms with van der Waals surface area (Å²) in [5.41, 5.74) is -0.212.